The predicted octanol–water partition coefficient (Wildman–Crippen LogP) is 3.43. The number of nitrogens with one attached hydrogen (secondary N) is 2. The summed E-state index contributed by atoms with van der Waals surface area (Å²) < 4.78 is 12.2. The second kappa shape index (κ2) is 12.7. The van der Waals surface area contributed by atoms with Crippen LogP contribution in [0.1, 0.15) is 57.9 Å². The maximum atomic E-state index is 12.2. The molecule has 1 aromatic rings. The van der Waals surface area contributed by atoms with Crippen LogP contribution in [0.5, 0.6) is 0 Å². The van der Waals surface area contributed by atoms with E-state index in [1.54, 1.807) is 0 Å². The van der Waals surface area contributed by atoms with Crippen LogP contribution in [0.4, 0.5) is 5.82 Å². The molecule has 1 saturated carbocycles. The molecule has 3 rings (SSSR count). The third-order valence-electron chi connectivity index (χ3n) is 5.63. The van der Waals surface area contributed by atoms with Gasteiger partial charge in [0, 0.05) is 53.7 Å². The van der Waals surface area contributed by atoms with Crippen molar-refractivity contribution in [2.24, 2.45) is 4.99 Å². The van der Waals surface area contributed by atoms with Gasteiger partial charge in [0.25, 0.3) is 0 Å². The summed E-state index contributed by atoms with van der Waals surface area (Å²) >= 11 is 0. The van der Waals surface area contributed by atoms with E-state index in [0.717, 1.165) is 62.8 Å². The molecule has 2 N–H and O–H groups in total. The molecule has 0 amide bonds. The first-order valence-corrected chi connectivity index (χ1v) is 12.2. The van der Waals surface area contributed by atoms with Crippen LogP contribution in [0, 0.1) is 0 Å². The fourth-order valence-electron chi connectivity index (χ4n) is 4.11. The van der Waals surface area contributed by atoms with E-state index in [9.17, 15) is 4.21 Å². The van der Waals surface area contributed by atoms with Crippen molar-refractivity contribution in [3.8, 4) is 0 Å². The lowest BCUT2D eigenvalue weighted by atomic mass is 9.95. The highest BCUT2D eigenvalue weighted by molar-refractivity contribution is 14.0. The van der Waals surface area contributed by atoms with Gasteiger partial charge in [-0.2, -0.15) is 0 Å². The molecule has 2 aliphatic rings. The molecule has 1 aliphatic carbocycles. The van der Waals surface area contributed by atoms with Crippen molar-refractivity contribution < 1.29 is 4.21 Å². The molecule has 29 heavy (non-hydrogen) atoms. The van der Waals surface area contributed by atoms with Gasteiger partial charge in [0.15, 0.2) is 5.96 Å². The standard InChI is InChI=1S/C21H35N5OS.HI/c1-3-22-21(25-18-8-7-9-19(15-18)28(27)4-2)24-16-17-10-11-23-20(14-17)26-12-5-6-13-26;/h10-11,14,18-19H,3-9,12-13,15-16H2,1-2H3,(H2,22,24,25);1H. The summed E-state index contributed by atoms with van der Waals surface area (Å²) in [5.41, 5.74) is 1.18. The second-order valence-corrected chi connectivity index (χ2v) is 9.72. The van der Waals surface area contributed by atoms with E-state index in [1.807, 2.05) is 19.2 Å². The van der Waals surface area contributed by atoms with E-state index in [0.29, 0.717) is 17.8 Å². The van der Waals surface area contributed by atoms with Crippen molar-refractivity contribution in [3.05, 3.63) is 23.9 Å². The Morgan fingerprint density at radius 2 is 2.07 bits per heavy atom. The monoisotopic (exact) mass is 533 g/mol. The van der Waals surface area contributed by atoms with Crippen LogP contribution in [0.3, 0.4) is 0 Å². The quantitative estimate of drug-likeness (QED) is 0.320. The molecule has 0 radical (unpaired) electrons. The van der Waals surface area contributed by atoms with Gasteiger partial charge in [-0.1, -0.05) is 13.3 Å². The molecule has 164 valence electrons. The minimum absolute atomic E-state index is 0. The van der Waals surface area contributed by atoms with Gasteiger partial charge in [-0.25, -0.2) is 9.98 Å². The average molecular weight is 534 g/mol. The summed E-state index contributed by atoms with van der Waals surface area (Å²) in [4.78, 5) is 11.7. The Hall–Kier alpha value is -0.900. The molecule has 1 aliphatic heterocycles. The molecule has 3 unspecified atom stereocenters. The molecule has 0 aromatic carbocycles. The molecule has 1 saturated heterocycles. The molecule has 2 fully saturated rings. The topological polar surface area (TPSA) is 69.6 Å². The highest BCUT2D eigenvalue weighted by Gasteiger charge is 2.26. The third-order valence-corrected chi connectivity index (χ3v) is 7.37. The number of anilines is 1. The van der Waals surface area contributed by atoms with Crippen LogP contribution in [0.25, 0.3) is 0 Å². The van der Waals surface area contributed by atoms with Gasteiger partial charge in [-0.05, 0) is 56.7 Å². The molecular weight excluding hydrogens is 497 g/mol. The number of hydrogen-bond donors (Lipinski definition) is 2. The van der Waals surface area contributed by atoms with Crippen LogP contribution in [-0.4, -0.2) is 51.8 Å². The Morgan fingerprint density at radius 3 is 2.79 bits per heavy atom. The van der Waals surface area contributed by atoms with Gasteiger partial charge in [0.05, 0.1) is 6.54 Å². The Bertz CT molecular complexity index is 681. The summed E-state index contributed by atoms with van der Waals surface area (Å²) in [6.45, 7) is 7.78. The number of aromatic nitrogens is 1. The van der Waals surface area contributed by atoms with Crippen molar-refractivity contribution in [1.29, 1.82) is 0 Å². The number of hydrogen-bond acceptors (Lipinski definition) is 4. The second-order valence-electron chi connectivity index (χ2n) is 7.71. The van der Waals surface area contributed by atoms with Gasteiger partial charge >= 0.3 is 0 Å². The summed E-state index contributed by atoms with van der Waals surface area (Å²) in [5.74, 6) is 2.68. The lowest BCUT2D eigenvalue weighted by Gasteiger charge is -2.30. The van der Waals surface area contributed by atoms with Crippen LogP contribution in [0.15, 0.2) is 23.3 Å². The van der Waals surface area contributed by atoms with E-state index in [1.165, 1.54) is 18.4 Å². The maximum Gasteiger partial charge on any atom is 0.191 e. The zero-order chi connectivity index (χ0) is 19.8. The van der Waals surface area contributed by atoms with Crippen molar-refractivity contribution in [2.45, 2.75) is 70.2 Å². The lowest BCUT2D eigenvalue weighted by Crippen LogP contribution is -2.46. The van der Waals surface area contributed by atoms with E-state index in [2.05, 4.69) is 33.5 Å². The fourth-order valence-corrected chi connectivity index (χ4v) is 5.46. The smallest absolute Gasteiger partial charge is 0.191 e. The van der Waals surface area contributed by atoms with Crippen LogP contribution in [0.2, 0.25) is 0 Å². The first-order valence-electron chi connectivity index (χ1n) is 10.8. The fraction of sp³-hybridized carbons (Fsp3) is 0.714. The third kappa shape index (κ3) is 7.38. The largest absolute Gasteiger partial charge is 0.357 e. The van der Waals surface area contributed by atoms with Crippen molar-refractivity contribution in [3.63, 3.8) is 0 Å². The molecule has 2 heterocycles. The Morgan fingerprint density at radius 1 is 1.28 bits per heavy atom. The molecule has 1 aromatic heterocycles. The average Bonchev–Trinajstić information content (AvgIpc) is 3.27. The van der Waals surface area contributed by atoms with Crippen LogP contribution >= 0.6 is 24.0 Å². The van der Waals surface area contributed by atoms with Gasteiger partial charge in [-0.15, -0.1) is 24.0 Å². The lowest BCUT2D eigenvalue weighted by molar-refractivity contribution is 0.413. The van der Waals surface area contributed by atoms with Crippen molar-refractivity contribution in [2.75, 3.05) is 30.3 Å². The Balaban J connectivity index is 0.00000300. The Labute approximate surface area is 195 Å². The van der Waals surface area contributed by atoms with E-state index < -0.39 is 10.8 Å². The van der Waals surface area contributed by atoms with Gasteiger partial charge in [-0.3, -0.25) is 4.21 Å². The predicted molar refractivity (Wildman–Crippen MR) is 134 cm³/mol. The zero-order valence-corrected chi connectivity index (χ0v) is 20.9. The first-order chi connectivity index (χ1) is 13.7. The SMILES string of the molecule is CCNC(=NCc1ccnc(N2CCCC2)c1)NC1CCCC(S(=O)CC)C1.I. The van der Waals surface area contributed by atoms with E-state index in [-0.39, 0.29) is 24.0 Å². The van der Waals surface area contributed by atoms with Crippen LogP contribution in [-0.2, 0) is 17.3 Å². The summed E-state index contributed by atoms with van der Waals surface area (Å²) in [7, 11) is -0.702. The number of aliphatic imine (C=N–C) groups is 1. The number of pyridine rings is 1. The highest BCUT2D eigenvalue weighted by atomic mass is 127. The highest BCUT2D eigenvalue weighted by Crippen LogP contribution is 2.23. The Kier molecular flexibility index (Phi) is 10.7. The van der Waals surface area contributed by atoms with Gasteiger partial charge < -0.3 is 15.5 Å². The molecule has 6 nitrogen and oxygen atoms in total. The number of rotatable bonds is 7. The zero-order valence-electron chi connectivity index (χ0n) is 17.7. The minimum Gasteiger partial charge on any atom is -0.357 e. The summed E-state index contributed by atoms with van der Waals surface area (Å²) in [6.07, 6.45) is 8.72. The molecule has 0 spiro atoms. The summed E-state index contributed by atoms with van der Waals surface area (Å²) in [6, 6.07) is 4.57. The maximum absolute atomic E-state index is 12.2. The molecular formula is C21H36IN5OS. The van der Waals surface area contributed by atoms with Gasteiger partial charge in [0.2, 0.25) is 0 Å². The normalized spacial score (nSPS) is 23.4. The van der Waals surface area contributed by atoms with Crippen LogP contribution < -0.4 is 15.5 Å². The van der Waals surface area contributed by atoms with Crippen molar-refractivity contribution >= 4 is 46.6 Å². The number of halogens is 1. The molecule has 3 atom stereocenters. The number of guanidine groups is 1. The summed E-state index contributed by atoms with van der Waals surface area (Å²) in [5, 5.41) is 7.27. The van der Waals surface area contributed by atoms with Gasteiger partial charge in [0.1, 0.15) is 5.82 Å². The first kappa shape index (κ1) is 24.4. The minimum atomic E-state index is -0.702. The number of nitrogens with zero attached hydrogens (tertiary/aromatic N) is 3. The van der Waals surface area contributed by atoms with E-state index in [4.69, 9.17) is 4.99 Å². The molecule has 8 heteroatoms. The van der Waals surface area contributed by atoms with E-state index >= 15 is 0 Å². The molecule has 0 bridgehead atoms. The van der Waals surface area contributed by atoms with Crippen molar-refractivity contribution in [1.82, 2.24) is 15.6 Å².